The summed E-state index contributed by atoms with van der Waals surface area (Å²) in [5.74, 6) is -0.0500. The molecule has 0 saturated carbocycles. The third kappa shape index (κ3) is 4.76. The summed E-state index contributed by atoms with van der Waals surface area (Å²) in [6, 6.07) is 18.0. The van der Waals surface area contributed by atoms with Crippen molar-refractivity contribution >= 4 is 26.8 Å². The molecule has 2 heterocycles. The van der Waals surface area contributed by atoms with Gasteiger partial charge in [-0.3, -0.25) is 4.79 Å². The molecule has 1 amide bonds. The zero-order chi connectivity index (χ0) is 25.3. The highest BCUT2D eigenvalue weighted by Crippen LogP contribution is 2.24. The van der Waals surface area contributed by atoms with Crippen molar-refractivity contribution in [3.8, 4) is 5.69 Å². The highest BCUT2D eigenvalue weighted by Gasteiger charge is 2.27. The molecule has 7 nitrogen and oxygen atoms in total. The lowest BCUT2D eigenvalue weighted by Gasteiger charge is -2.29. The number of carbonyl (C=O) groups excluding carboxylic acids is 1. The molecule has 1 aromatic heterocycles. The molecule has 4 aromatic rings. The molecule has 0 radical (unpaired) electrons. The molecule has 9 heteroatoms. The van der Waals surface area contributed by atoms with E-state index in [2.05, 4.69) is 17.3 Å². The Hall–Kier alpha value is -3.56. The Morgan fingerprint density at radius 3 is 2.42 bits per heavy atom. The Kier molecular flexibility index (Phi) is 6.59. The van der Waals surface area contributed by atoms with Gasteiger partial charge in [0.05, 0.1) is 27.9 Å². The van der Waals surface area contributed by atoms with E-state index in [-0.39, 0.29) is 23.2 Å². The second-order valence-electron chi connectivity index (χ2n) is 9.18. The predicted molar refractivity (Wildman–Crippen MR) is 136 cm³/mol. The standard InChI is InChI=1S/C27H27FN4O3S/c1-19-13-15-31(16-14-19)36(34,35)23-11-5-20(6-12-23)17-29-27(33)24-3-2-4-26-25(24)18-30-32(26)22-9-7-21(28)8-10-22/h2-12,18-19H,13-17H2,1H3,(H,29,33). The molecule has 3 aromatic carbocycles. The minimum atomic E-state index is -3.51. The summed E-state index contributed by atoms with van der Waals surface area (Å²) in [5.41, 5.74) is 2.69. The average molecular weight is 507 g/mol. The highest BCUT2D eigenvalue weighted by molar-refractivity contribution is 7.89. The number of rotatable bonds is 6. The normalized spacial score (nSPS) is 15.3. The molecule has 0 bridgehead atoms. The third-order valence-electron chi connectivity index (χ3n) is 6.69. The fraction of sp³-hybridized carbons (Fsp3) is 0.259. The second kappa shape index (κ2) is 9.83. The number of benzene rings is 3. The summed E-state index contributed by atoms with van der Waals surface area (Å²) in [5, 5.41) is 7.97. The zero-order valence-electron chi connectivity index (χ0n) is 19.9. The summed E-state index contributed by atoms with van der Waals surface area (Å²) in [4.78, 5) is 13.2. The second-order valence-corrected chi connectivity index (χ2v) is 11.1. The van der Waals surface area contributed by atoms with Crippen molar-refractivity contribution < 1.29 is 17.6 Å². The van der Waals surface area contributed by atoms with Gasteiger partial charge in [-0.25, -0.2) is 17.5 Å². The number of carbonyl (C=O) groups is 1. The number of amides is 1. The third-order valence-corrected chi connectivity index (χ3v) is 8.60. The molecule has 1 fully saturated rings. The highest BCUT2D eigenvalue weighted by atomic mass is 32.2. The Labute approximate surface area is 209 Å². The van der Waals surface area contributed by atoms with E-state index >= 15 is 0 Å². The van der Waals surface area contributed by atoms with E-state index in [0.717, 1.165) is 23.9 Å². The number of sulfonamides is 1. The van der Waals surface area contributed by atoms with Crippen molar-refractivity contribution in [1.82, 2.24) is 19.4 Å². The lowest BCUT2D eigenvalue weighted by atomic mass is 10.0. The van der Waals surface area contributed by atoms with Crippen LogP contribution in [0.1, 0.15) is 35.7 Å². The van der Waals surface area contributed by atoms with Gasteiger partial charge in [-0.15, -0.1) is 0 Å². The molecule has 1 N–H and O–H groups in total. The molecule has 0 atom stereocenters. The molecule has 1 saturated heterocycles. The maximum Gasteiger partial charge on any atom is 0.252 e. The first-order valence-electron chi connectivity index (χ1n) is 11.9. The van der Waals surface area contributed by atoms with Crippen molar-refractivity contribution in [2.75, 3.05) is 13.1 Å². The van der Waals surface area contributed by atoms with Crippen LogP contribution in [0.15, 0.2) is 77.8 Å². The van der Waals surface area contributed by atoms with Gasteiger partial charge in [0.15, 0.2) is 0 Å². The lowest BCUT2D eigenvalue weighted by Crippen LogP contribution is -2.37. The van der Waals surface area contributed by atoms with Crippen LogP contribution in [0.5, 0.6) is 0 Å². The fourth-order valence-electron chi connectivity index (χ4n) is 4.47. The van der Waals surface area contributed by atoms with Crippen molar-refractivity contribution in [3.63, 3.8) is 0 Å². The summed E-state index contributed by atoms with van der Waals surface area (Å²) >= 11 is 0. The van der Waals surface area contributed by atoms with Gasteiger partial charge in [0.2, 0.25) is 10.0 Å². The molecule has 1 aliphatic rings. The van der Waals surface area contributed by atoms with Gasteiger partial charge in [0.25, 0.3) is 5.91 Å². The van der Waals surface area contributed by atoms with Crippen LogP contribution >= 0.6 is 0 Å². The van der Waals surface area contributed by atoms with E-state index in [9.17, 15) is 17.6 Å². The molecular weight excluding hydrogens is 479 g/mol. The van der Waals surface area contributed by atoms with Gasteiger partial charge in [-0.1, -0.05) is 25.1 Å². The number of aromatic nitrogens is 2. The largest absolute Gasteiger partial charge is 0.348 e. The van der Waals surface area contributed by atoms with E-state index in [1.54, 1.807) is 63.7 Å². The van der Waals surface area contributed by atoms with Crippen LogP contribution in [0.2, 0.25) is 0 Å². The van der Waals surface area contributed by atoms with Crippen LogP contribution in [0.3, 0.4) is 0 Å². The first-order valence-corrected chi connectivity index (χ1v) is 13.4. The van der Waals surface area contributed by atoms with E-state index in [0.29, 0.717) is 35.6 Å². The topological polar surface area (TPSA) is 84.3 Å². The maximum atomic E-state index is 13.3. The Morgan fingerprint density at radius 1 is 1.03 bits per heavy atom. The predicted octanol–water partition coefficient (Wildman–Crippen LogP) is 4.52. The van der Waals surface area contributed by atoms with Crippen LogP contribution in [-0.2, 0) is 16.6 Å². The fourth-order valence-corrected chi connectivity index (χ4v) is 5.94. The number of halogens is 1. The monoisotopic (exact) mass is 506 g/mol. The Balaban J connectivity index is 1.28. The number of piperidine rings is 1. The SMILES string of the molecule is CC1CCN(S(=O)(=O)c2ccc(CNC(=O)c3cccc4c3cnn4-c3ccc(F)cc3)cc2)CC1. The minimum Gasteiger partial charge on any atom is -0.348 e. The number of nitrogens with zero attached hydrogens (tertiary/aromatic N) is 3. The van der Waals surface area contributed by atoms with Crippen LogP contribution in [0, 0.1) is 11.7 Å². The lowest BCUT2D eigenvalue weighted by molar-refractivity contribution is 0.0952. The molecule has 0 aliphatic carbocycles. The van der Waals surface area contributed by atoms with Gasteiger partial charge in [0.1, 0.15) is 5.82 Å². The summed E-state index contributed by atoms with van der Waals surface area (Å²) in [7, 11) is -3.51. The first-order chi connectivity index (χ1) is 17.3. The molecule has 36 heavy (non-hydrogen) atoms. The number of fused-ring (bicyclic) bond motifs is 1. The van der Waals surface area contributed by atoms with Gasteiger partial charge in [-0.2, -0.15) is 9.40 Å². The van der Waals surface area contributed by atoms with E-state index in [1.165, 1.54) is 12.1 Å². The van der Waals surface area contributed by atoms with Gasteiger partial charge < -0.3 is 5.32 Å². The molecule has 186 valence electrons. The first kappa shape index (κ1) is 24.1. The molecule has 0 unspecified atom stereocenters. The van der Waals surface area contributed by atoms with Gasteiger partial charge in [0, 0.05) is 25.0 Å². The average Bonchev–Trinajstić information content (AvgIpc) is 3.32. The van der Waals surface area contributed by atoms with E-state index < -0.39 is 10.0 Å². The van der Waals surface area contributed by atoms with Crippen molar-refractivity contribution in [2.24, 2.45) is 5.92 Å². The number of hydrogen-bond donors (Lipinski definition) is 1. The van der Waals surface area contributed by atoms with E-state index in [4.69, 9.17) is 0 Å². The van der Waals surface area contributed by atoms with Crippen LogP contribution < -0.4 is 5.32 Å². The Morgan fingerprint density at radius 2 is 1.72 bits per heavy atom. The molecule has 5 rings (SSSR count). The minimum absolute atomic E-state index is 0.253. The quantitative estimate of drug-likeness (QED) is 0.417. The van der Waals surface area contributed by atoms with Crippen molar-refractivity contribution in [1.29, 1.82) is 0 Å². The maximum absolute atomic E-state index is 13.3. The summed E-state index contributed by atoms with van der Waals surface area (Å²) < 4.78 is 42.4. The molecular formula is C27H27FN4O3S. The van der Waals surface area contributed by atoms with Crippen molar-refractivity contribution in [2.45, 2.75) is 31.2 Å². The van der Waals surface area contributed by atoms with E-state index in [1.807, 2.05) is 6.07 Å². The van der Waals surface area contributed by atoms with Crippen LogP contribution in [0.25, 0.3) is 16.6 Å². The number of nitrogens with one attached hydrogen (secondary N) is 1. The Bertz CT molecular complexity index is 1490. The summed E-state index contributed by atoms with van der Waals surface area (Å²) in [6.45, 7) is 3.49. The zero-order valence-corrected chi connectivity index (χ0v) is 20.7. The van der Waals surface area contributed by atoms with Gasteiger partial charge in [-0.05, 0) is 72.9 Å². The molecule has 1 aliphatic heterocycles. The summed E-state index contributed by atoms with van der Waals surface area (Å²) in [6.07, 6.45) is 3.37. The number of hydrogen-bond acceptors (Lipinski definition) is 4. The van der Waals surface area contributed by atoms with Crippen LogP contribution in [-0.4, -0.2) is 41.5 Å². The molecule has 0 spiro atoms. The van der Waals surface area contributed by atoms with Crippen molar-refractivity contribution in [3.05, 3.63) is 89.9 Å². The van der Waals surface area contributed by atoms with Crippen LogP contribution in [0.4, 0.5) is 4.39 Å². The van der Waals surface area contributed by atoms with Gasteiger partial charge >= 0.3 is 0 Å². The smallest absolute Gasteiger partial charge is 0.252 e.